The van der Waals surface area contributed by atoms with Crippen molar-refractivity contribution in [2.75, 3.05) is 18.1 Å². The number of fused-ring (bicyclic) bond motifs is 1. The summed E-state index contributed by atoms with van der Waals surface area (Å²) in [6.07, 6.45) is 1.33. The van der Waals surface area contributed by atoms with Crippen LogP contribution in [0, 0.1) is 0 Å². The molecule has 0 spiro atoms. The number of cyclic esters (lactones) is 1. The van der Waals surface area contributed by atoms with Crippen molar-refractivity contribution in [2.24, 2.45) is 0 Å². The zero-order valence-electron chi connectivity index (χ0n) is 24.6. The number of amides is 1. The van der Waals surface area contributed by atoms with E-state index in [1.165, 1.54) is 0 Å². The van der Waals surface area contributed by atoms with E-state index >= 15 is 0 Å². The summed E-state index contributed by atoms with van der Waals surface area (Å²) in [7, 11) is 0. The molecule has 1 saturated heterocycles. The Morgan fingerprint density at radius 1 is 0.795 bits per heavy atom. The summed E-state index contributed by atoms with van der Waals surface area (Å²) in [5.74, 6) is 1.29. The first-order chi connectivity index (χ1) is 21.6. The van der Waals surface area contributed by atoms with E-state index < -0.39 is 11.6 Å². The van der Waals surface area contributed by atoms with Crippen molar-refractivity contribution in [3.05, 3.63) is 144 Å². The molecule has 0 radical (unpaired) electrons. The highest BCUT2D eigenvalue weighted by atomic mass is 16.6. The highest BCUT2D eigenvalue weighted by Crippen LogP contribution is 2.44. The van der Waals surface area contributed by atoms with E-state index in [1.807, 2.05) is 50.2 Å². The molecule has 44 heavy (non-hydrogen) atoms. The maximum absolute atomic E-state index is 12.4. The second-order valence-corrected chi connectivity index (χ2v) is 11.1. The number of benzene rings is 4. The molecule has 6 aromatic rings. The van der Waals surface area contributed by atoms with Crippen LogP contribution in [0.15, 0.2) is 128 Å². The van der Waals surface area contributed by atoms with Crippen LogP contribution in [0.4, 0.5) is 10.6 Å². The van der Waals surface area contributed by atoms with E-state index in [0.29, 0.717) is 19.0 Å². The van der Waals surface area contributed by atoms with Gasteiger partial charge in [0.2, 0.25) is 0 Å². The largest absolute Gasteiger partial charge is 0.491 e. The van der Waals surface area contributed by atoms with Gasteiger partial charge in [0.1, 0.15) is 29.4 Å². The summed E-state index contributed by atoms with van der Waals surface area (Å²) in [5.41, 5.74) is 4.95. The number of ether oxygens (including phenoxy) is 2. The Labute approximate surface area is 256 Å². The molecule has 0 bridgehead atoms. The smallest absolute Gasteiger partial charge is 0.415 e. The lowest BCUT2D eigenvalue weighted by molar-refractivity contribution is 0.181. The molecule has 0 atom stereocenters. The SMILES string of the molecule is CC(C)Oc1ccc2c(c1)c(-c1ccnc(N3CCOC3=O)c1)nn2C(c1ccccc1)(c1ccccc1)c1ccccc1. The number of anilines is 1. The van der Waals surface area contributed by atoms with E-state index in [9.17, 15) is 4.79 Å². The molecule has 7 rings (SSSR count). The fourth-order valence-corrected chi connectivity index (χ4v) is 6.13. The predicted molar refractivity (Wildman–Crippen MR) is 172 cm³/mol. The number of rotatable bonds is 8. The van der Waals surface area contributed by atoms with E-state index in [1.54, 1.807) is 11.1 Å². The molecule has 0 aliphatic carbocycles. The third kappa shape index (κ3) is 4.67. The number of carbonyl (C=O) groups excluding carboxylic acids is 1. The molecular weight excluding hydrogens is 548 g/mol. The van der Waals surface area contributed by atoms with Gasteiger partial charge in [-0.2, -0.15) is 5.10 Å². The van der Waals surface area contributed by atoms with E-state index in [4.69, 9.17) is 14.6 Å². The summed E-state index contributed by atoms with van der Waals surface area (Å²) in [5, 5.41) is 6.39. The molecule has 0 unspecified atom stereocenters. The third-order valence-electron chi connectivity index (χ3n) is 7.97. The molecule has 0 saturated carbocycles. The van der Waals surface area contributed by atoms with Crippen LogP contribution in [0.3, 0.4) is 0 Å². The first-order valence-corrected chi connectivity index (χ1v) is 14.8. The van der Waals surface area contributed by atoms with Crippen LogP contribution in [-0.2, 0) is 10.3 Å². The Hall–Kier alpha value is -5.43. The van der Waals surface area contributed by atoms with Crippen LogP contribution in [0.5, 0.6) is 5.75 Å². The Bertz CT molecular complexity index is 1820. The van der Waals surface area contributed by atoms with E-state index in [-0.39, 0.29) is 6.10 Å². The molecule has 0 N–H and O–H groups in total. The second-order valence-electron chi connectivity index (χ2n) is 11.1. The summed E-state index contributed by atoms with van der Waals surface area (Å²) in [6.45, 7) is 4.83. The molecule has 1 amide bonds. The molecule has 218 valence electrons. The first kappa shape index (κ1) is 27.4. The lowest BCUT2D eigenvalue weighted by atomic mass is 9.77. The first-order valence-electron chi connectivity index (χ1n) is 14.8. The fourth-order valence-electron chi connectivity index (χ4n) is 6.13. The third-order valence-corrected chi connectivity index (χ3v) is 7.97. The average Bonchev–Trinajstić information content (AvgIpc) is 3.66. The molecular formula is C37H32N4O3. The van der Waals surface area contributed by atoms with Crippen LogP contribution in [-0.4, -0.2) is 40.1 Å². The van der Waals surface area contributed by atoms with Gasteiger partial charge in [0.15, 0.2) is 0 Å². The normalized spacial score (nSPS) is 13.4. The van der Waals surface area contributed by atoms with Gasteiger partial charge in [0, 0.05) is 17.1 Å². The Morgan fingerprint density at radius 3 is 1.95 bits per heavy atom. The minimum absolute atomic E-state index is 0.0108. The zero-order chi connectivity index (χ0) is 30.1. The molecule has 7 heteroatoms. The topological polar surface area (TPSA) is 69.5 Å². The van der Waals surface area contributed by atoms with Crippen LogP contribution in [0.2, 0.25) is 0 Å². The standard InChI is InChI=1S/C37H32N4O3/c1-26(2)44-31-18-19-33-32(25-31)35(27-20-21-38-34(24-27)40-22-23-43-36(40)42)39-41(33)37(28-12-6-3-7-13-28,29-14-8-4-9-15-29)30-16-10-5-11-17-30/h3-21,24-26H,22-23H2,1-2H3. The van der Waals surface area contributed by atoms with Crippen molar-refractivity contribution >= 4 is 22.8 Å². The Morgan fingerprint density at radius 2 is 1.41 bits per heavy atom. The van der Waals surface area contributed by atoms with Gasteiger partial charge < -0.3 is 9.47 Å². The summed E-state index contributed by atoms with van der Waals surface area (Å²) < 4.78 is 13.5. The Balaban J connectivity index is 1.56. The Kier molecular flexibility index (Phi) is 7.06. The quantitative estimate of drug-likeness (QED) is 0.173. The van der Waals surface area contributed by atoms with Crippen molar-refractivity contribution in [3.8, 4) is 17.0 Å². The van der Waals surface area contributed by atoms with Gasteiger partial charge in [-0.15, -0.1) is 0 Å². The lowest BCUT2D eigenvalue weighted by Gasteiger charge is -2.37. The van der Waals surface area contributed by atoms with Crippen LogP contribution in [0.1, 0.15) is 30.5 Å². The average molecular weight is 581 g/mol. The number of carbonyl (C=O) groups is 1. The zero-order valence-corrected chi connectivity index (χ0v) is 24.6. The number of aromatic nitrogens is 3. The van der Waals surface area contributed by atoms with Crippen molar-refractivity contribution in [1.82, 2.24) is 14.8 Å². The summed E-state index contributed by atoms with van der Waals surface area (Å²) in [6, 6.07) is 41.5. The van der Waals surface area contributed by atoms with Crippen molar-refractivity contribution in [1.29, 1.82) is 0 Å². The molecule has 1 aliphatic heterocycles. The van der Waals surface area contributed by atoms with E-state index in [2.05, 4.69) is 94.6 Å². The van der Waals surface area contributed by atoms with Crippen molar-refractivity contribution < 1.29 is 14.3 Å². The molecule has 1 fully saturated rings. The molecule has 7 nitrogen and oxygen atoms in total. The number of pyridine rings is 1. The van der Waals surface area contributed by atoms with Gasteiger partial charge in [-0.05, 0) is 60.9 Å². The minimum Gasteiger partial charge on any atom is -0.491 e. The lowest BCUT2D eigenvalue weighted by Crippen LogP contribution is -2.38. The van der Waals surface area contributed by atoms with E-state index in [0.717, 1.165) is 44.6 Å². The van der Waals surface area contributed by atoms with Gasteiger partial charge in [-0.1, -0.05) is 91.0 Å². The molecule has 1 aliphatic rings. The molecule has 2 aromatic heterocycles. The van der Waals surface area contributed by atoms with Gasteiger partial charge >= 0.3 is 6.09 Å². The predicted octanol–water partition coefficient (Wildman–Crippen LogP) is 7.68. The highest BCUT2D eigenvalue weighted by Gasteiger charge is 2.41. The van der Waals surface area contributed by atoms with Crippen LogP contribution >= 0.6 is 0 Å². The van der Waals surface area contributed by atoms with Crippen LogP contribution < -0.4 is 9.64 Å². The summed E-state index contributed by atoms with van der Waals surface area (Å²) in [4.78, 5) is 18.5. The minimum atomic E-state index is -0.810. The van der Waals surface area contributed by atoms with Gasteiger partial charge in [-0.3, -0.25) is 4.90 Å². The van der Waals surface area contributed by atoms with Crippen molar-refractivity contribution in [2.45, 2.75) is 25.5 Å². The van der Waals surface area contributed by atoms with Gasteiger partial charge in [0.25, 0.3) is 0 Å². The maximum atomic E-state index is 12.4. The maximum Gasteiger partial charge on any atom is 0.415 e. The highest BCUT2D eigenvalue weighted by molar-refractivity contribution is 5.96. The monoisotopic (exact) mass is 580 g/mol. The fraction of sp³-hybridized carbons (Fsp3) is 0.162. The van der Waals surface area contributed by atoms with Gasteiger partial charge in [0.05, 0.1) is 18.2 Å². The molecule has 4 aromatic carbocycles. The van der Waals surface area contributed by atoms with Crippen LogP contribution in [0.25, 0.3) is 22.2 Å². The van der Waals surface area contributed by atoms with Crippen molar-refractivity contribution in [3.63, 3.8) is 0 Å². The number of hydrogen-bond acceptors (Lipinski definition) is 5. The number of hydrogen-bond donors (Lipinski definition) is 0. The number of nitrogens with zero attached hydrogens (tertiary/aromatic N) is 4. The van der Waals surface area contributed by atoms with Gasteiger partial charge in [-0.25, -0.2) is 14.5 Å². The summed E-state index contributed by atoms with van der Waals surface area (Å²) >= 11 is 0. The molecule has 3 heterocycles. The second kappa shape index (κ2) is 11.3.